The number of amides is 2. The molecule has 0 aliphatic heterocycles. The molecule has 2 aliphatic carbocycles. The van der Waals surface area contributed by atoms with Crippen molar-refractivity contribution in [1.29, 1.82) is 0 Å². The van der Waals surface area contributed by atoms with Gasteiger partial charge in [-0.05, 0) is 46.2 Å². The molecule has 190 valence electrons. The van der Waals surface area contributed by atoms with Crippen LogP contribution >= 0.6 is 0 Å². The zero-order valence-corrected chi connectivity index (χ0v) is 21.0. The average molecular weight is 521 g/mol. The molecule has 7 rings (SSSR count). The summed E-state index contributed by atoms with van der Waals surface area (Å²) in [6, 6.07) is 28.7. The maximum absolute atomic E-state index is 13.4. The summed E-state index contributed by atoms with van der Waals surface area (Å²) >= 11 is 0. The van der Waals surface area contributed by atoms with Gasteiger partial charge in [-0.25, -0.2) is 0 Å². The van der Waals surface area contributed by atoms with E-state index in [2.05, 4.69) is 10.6 Å². The minimum Gasteiger partial charge on any atom is -0.319 e. The molecule has 5 aromatic carbocycles. The molecular weight excluding hydrogens is 500 g/mol. The van der Waals surface area contributed by atoms with Crippen LogP contribution in [-0.2, 0) is 0 Å². The third-order valence-corrected chi connectivity index (χ3v) is 7.36. The lowest BCUT2D eigenvalue weighted by Gasteiger charge is -2.19. The average Bonchev–Trinajstić information content (AvgIpc) is 2.98. The Morgan fingerprint density at radius 2 is 0.875 bits per heavy atom. The summed E-state index contributed by atoms with van der Waals surface area (Å²) in [7, 11) is 0. The predicted octanol–water partition coefficient (Wildman–Crippen LogP) is 5.93. The monoisotopic (exact) mass is 520 g/mol. The number of carbonyl (C=O) groups excluding carboxylic acids is 4. The molecule has 0 atom stereocenters. The minimum absolute atomic E-state index is 0.0807. The van der Waals surface area contributed by atoms with Crippen molar-refractivity contribution in [3.8, 4) is 0 Å². The molecule has 0 fully saturated rings. The molecule has 0 saturated carbocycles. The largest absolute Gasteiger partial charge is 0.319 e. The summed E-state index contributed by atoms with van der Waals surface area (Å²) in [5.41, 5.74) is 3.08. The van der Waals surface area contributed by atoms with E-state index in [0.29, 0.717) is 11.1 Å². The molecule has 0 saturated heterocycles. The molecule has 40 heavy (non-hydrogen) atoms. The van der Waals surface area contributed by atoms with Crippen molar-refractivity contribution in [3.05, 3.63) is 142 Å². The zero-order valence-electron chi connectivity index (χ0n) is 21.0. The molecule has 0 spiro atoms. The molecule has 6 nitrogen and oxygen atoms in total. The van der Waals surface area contributed by atoms with E-state index in [-0.39, 0.29) is 34.1 Å². The van der Waals surface area contributed by atoms with E-state index < -0.39 is 11.8 Å². The van der Waals surface area contributed by atoms with Crippen molar-refractivity contribution in [2.75, 3.05) is 0 Å². The van der Waals surface area contributed by atoms with Gasteiger partial charge in [0.2, 0.25) is 11.6 Å². The highest BCUT2D eigenvalue weighted by Gasteiger charge is 2.27. The van der Waals surface area contributed by atoms with Crippen LogP contribution in [0.25, 0.3) is 33.7 Å². The van der Waals surface area contributed by atoms with Crippen LogP contribution in [0.3, 0.4) is 0 Å². The Morgan fingerprint density at radius 1 is 0.475 bits per heavy atom. The van der Waals surface area contributed by atoms with E-state index in [1.54, 1.807) is 36.4 Å². The predicted molar refractivity (Wildman–Crippen MR) is 154 cm³/mol. The third-order valence-electron chi connectivity index (χ3n) is 7.36. The molecule has 6 heteroatoms. The van der Waals surface area contributed by atoms with Crippen LogP contribution in [0.2, 0.25) is 0 Å². The SMILES string of the molecule is O=C(NC1=Cc2cccc3cccc(c23)C1=O)c1ccccc1C(=O)NC1=Cc2cccc3cccc(c23)C1=O. The molecule has 2 aliphatic rings. The third kappa shape index (κ3) is 3.66. The van der Waals surface area contributed by atoms with Crippen molar-refractivity contribution in [2.24, 2.45) is 0 Å². The second-order valence-electron chi connectivity index (χ2n) is 9.73. The molecule has 0 bridgehead atoms. The summed E-state index contributed by atoms with van der Waals surface area (Å²) in [5, 5.41) is 9.00. The highest BCUT2D eigenvalue weighted by molar-refractivity contribution is 6.26. The smallest absolute Gasteiger partial charge is 0.256 e. The number of Topliss-reactive ketones (excluding diaryl/α,β-unsaturated/α-hetero) is 2. The number of benzene rings is 5. The Bertz CT molecular complexity index is 1880. The summed E-state index contributed by atoms with van der Waals surface area (Å²) in [5.74, 6) is -1.80. The lowest BCUT2D eigenvalue weighted by Crippen LogP contribution is -2.33. The van der Waals surface area contributed by atoms with Crippen LogP contribution in [0.5, 0.6) is 0 Å². The van der Waals surface area contributed by atoms with E-state index in [1.165, 1.54) is 12.1 Å². The molecule has 5 aromatic rings. The van der Waals surface area contributed by atoms with Gasteiger partial charge in [-0.2, -0.15) is 0 Å². The minimum atomic E-state index is -0.601. The van der Waals surface area contributed by atoms with E-state index in [4.69, 9.17) is 0 Å². The maximum Gasteiger partial charge on any atom is 0.256 e. The van der Waals surface area contributed by atoms with Crippen LogP contribution < -0.4 is 10.6 Å². The number of rotatable bonds is 4. The van der Waals surface area contributed by atoms with Crippen LogP contribution in [-0.4, -0.2) is 23.4 Å². The molecule has 0 aromatic heterocycles. The first kappa shape index (κ1) is 23.5. The molecule has 0 radical (unpaired) electrons. The van der Waals surface area contributed by atoms with Crippen molar-refractivity contribution >= 4 is 57.1 Å². The number of ketones is 2. The molecular formula is C34H20N2O4. The number of nitrogens with one attached hydrogen (secondary N) is 2. The Kier molecular flexibility index (Phi) is 5.28. The van der Waals surface area contributed by atoms with E-state index >= 15 is 0 Å². The van der Waals surface area contributed by atoms with E-state index in [1.807, 2.05) is 60.7 Å². The fourth-order valence-corrected chi connectivity index (χ4v) is 5.54. The van der Waals surface area contributed by atoms with Gasteiger partial charge in [0.1, 0.15) is 0 Å². The van der Waals surface area contributed by atoms with Gasteiger partial charge in [0.15, 0.2) is 0 Å². The van der Waals surface area contributed by atoms with Gasteiger partial charge in [0, 0.05) is 21.9 Å². The number of allylic oxidation sites excluding steroid dienone is 2. The maximum atomic E-state index is 13.4. The lowest BCUT2D eigenvalue weighted by atomic mass is 9.90. The van der Waals surface area contributed by atoms with Gasteiger partial charge in [-0.15, -0.1) is 0 Å². The van der Waals surface area contributed by atoms with Gasteiger partial charge in [0.05, 0.1) is 22.5 Å². The second kappa shape index (κ2) is 8.99. The van der Waals surface area contributed by atoms with Gasteiger partial charge < -0.3 is 10.6 Å². The number of hydrogen-bond acceptors (Lipinski definition) is 4. The highest BCUT2D eigenvalue weighted by atomic mass is 16.2. The Morgan fingerprint density at radius 3 is 1.30 bits per heavy atom. The fourth-order valence-electron chi connectivity index (χ4n) is 5.54. The van der Waals surface area contributed by atoms with Crippen molar-refractivity contribution in [2.45, 2.75) is 0 Å². The Labute approximate surface area is 228 Å². The van der Waals surface area contributed by atoms with E-state index in [0.717, 1.165) is 32.7 Å². The van der Waals surface area contributed by atoms with Gasteiger partial charge in [-0.1, -0.05) is 84.9 Å². The molecule has 0 unspecified atom stereocenters. The number of carbonyl (C=O) groups is 4. The number of hydrogen-bond donors (Lipinski definition) is 2. The highest BCUT2D eigenvalue weighted by Crippen LogP contribution is 2.32. The van der Waals surface area contributed by atoms with Crippen molar-refractivity contribution in [3.63, 3.8) is 0 Å². The standard InChI is InChI=1S/C34H20N2O4/c37-31-25-15-5-9-19-7-3-11-21(29(19)25)17-27(31)35-33(39)23-13-1-2-14-24(23)34(40)36-28-18-22-12-4-8-20-10-6-16-26(30(20)22)32(28)38/h1-18H,(H,35,39)(H,36,40). The van der Waals surface area contributed by atoms with Gasteiger partial charge >= 0.3 is 0 Å². The van der Waals surface area contributed by atoms with Crippen LogP contribution in [0.15, 0.2) is 108 Å². The summed E-state index contributed by atoms with van der Waals surface area (Å²) < 4.78 is 0. The van der Waals surface area contributed by atoms with Crippen molar-refractivity contribution < 1.29 is 19.2 Å². The summed E-state index contributed by atoms with van der Waals surface area (Å²) in [6.07, 6.45) is 3.31. The quantitative estimate of drug-likeness (QED) is 0.307. The first-order valence-corrected chi connectivity index (χ1v) is 12.8. The van der Waals surface area contributed by atoms with Crippen molar-refractivity contribution in [1.82, 2.24) is 10.6 Å². The Balaban J connectivity index is 1.19. The Hall–Kier alpha value is -5.62. The molecule has 0 heterocycles. The molecule has 2 amide bonds. The van der Waals surface area contributed by atoms with Crippen LogP contribution in [0.4, 0.5) is 0 Å². The first-order chi connectivity index (χ1) is 19.5. The van der Waals surface area contributed by atoms with E-state index in [9.17, 15) is 19.2 Å². The van der Waals surface area contributed by atoms with Gasteiger partial charge in [-0.3, -0.25) is 19.2 Å². The fraction of sp³-hybridized carbons (Fsp3) is 0. The summed E-state index contributed by atoms with van der Waals surface area (Å²) in [4.78, 5) is 53.4. The zero-order chi connectivity index (χ0) is 27.4. The second-order valence-corrected chi connectivity index (χ2v) is 9.73. The van der Waals surface area contributed by atoms with Crippen LogP contribution in [0.1, 0.15) is 52.6 Å². The normalized spacial score (nSPS) is 13.6. The topological polar surface area (TPSA) is 92.3 Å². The van der Waals surface area contributed by atoms with Gasteiger partial charge in [0.25, 0.3) is 11.8 Å². The van der Waals surface area contributed by atoms with Crippen LogP contribution in [0, 0.1) is 0 Å². The summed E-state index contributed by atoms with van der Waals surface area (Å²) in [6.45, 7) is 0. The first-order valence-electron chi connectivity index (χ1n) is 12.8. The molecule has 2 N–H and O–H groups in total. The lowest BCUT2D eigenvalue weighted by molar-refractivity contribution is 0.0912.